The number of carbonyl (C=O) groups is 1. The predicted molar refractivity (Wildman–Crippen MR) is 91.4 cm³/mol. The molecule has 0 saturated carbocycles. The fraction of sp³-hybridized carbons (Fsp3) is 0.444. The normalized spacial score (nSPS) is 17.6. The zero-order chi connectivity index (χ0) is 16.6. The largest absolute Gasteiger partial charge is 0.378 e. The molecule has 0 aliphatic carbocycles. The van der Waals surface area contributed by atoms with Crippen LogP contribution in [0.4, 0.5) is 0 Å². The van der Waals surface area contributed by atoms with E-state index in [1.54, 1.807) is 6.20 Å². The molecule has 24 heavy (non-hydrogen) atoms. The highest BCUT2D eigenvalue weighted by atomic mass is 16.5. The maximum absolute atomic E-state index is 12.1. The molecule has 1 aliphatic rings. The molecular weight excluding hydrogens is 304 g/mol. The summed E-state index contributed by atoms with van der Waals surface area (Å²) >= 11 is 0. The molecule has 0 spiro atoms. The summed E-state index contributed by atoms with van der Waals surface area (Å²) in [5.41, 5.74) is 1.34. The molecule has 1 aromatic carbocycles. The SMILES string of the molecule is O=C(NCc1nccn1CCCc1ccccc1)C1COCCN1. The van der Waals surface area contributed by atoms with E-state index in [-0.39, 0.29) is 11.9 Å². The van der Waals surface area contributed by atoms with Gasteiger partial charge in [-0.15, -0.1) is 0 Å². The molecule has 1 atom stereocenters. The number of amides is 1. The van der Waals surface area contributed by atoms with Crippen LogP contribution >= 0.6 is 0 Å². The van der Waals surface area contributed by atoms with E-state index < -0.39 is 0 Å². The van der Waals surface area contributed by atoms with Crippen molar-refractivity contribution >= 4 is 5.91 Å². The van der Waals surface area contributed by atoms with E-state index >= 15 is 0 Å². The second kappa shape index (κ2) is 8.61. The monoisotopic (exact) mass is 328 g/mol. The Morgan fingerprint density at radius 3 is 3.04 bits per heavy atom. The lowest BCUT2D eigenvalue weighted by Gasteiger charge is -2.22. The molecule has 1 fully saturated rings. The first-order valence-electron chi connectivity index (χ1n) is 8.46. The second-order valence-electron chi connectivity index (χ2n) is 5.93. The molecule has 1 amide bonds. The fourth-order valence-corrected chi connectivity index (χ4v) is 2.83. The number of nitrogens with one attached hydrogen (secondary N) is 2. The summed E-state index contributed by atoms with van der Waals surface area (Å²) in [5.74, 6) is 0.849. The first kappa shape index (κ1) is 16.7. The van der Waals surface area contributed by atoms with Crippen LogP contribution in [-0.4, -0.2) is 41.3 Å². The number of aromatic nitrogens is 2. The van der Waals surface area contributed by atoms with Crippen LogP contribution in [0.15, 0.2) is 42.7 Å². The number of aryl methyl sites for hydroxylation is 2. The van der Waals surface area contributed by atoms with E-state index in [4.69, 9.17) is 4.74 Å². The number of morpholine rings is 1. The molecule has 2 N–H and O–H groups in total. The van der Waals surface area contributed by atoms with Gasteiger partial charge in [0.15, 0.2) is 0 Å². The summed E-state index contributed by atoms with van der Waals surface area (Å²) in [7, 11) is 0. The molecule has 0 bridgehead atoms. The second-order valence-corrected chi connectivity index (χ2v) is 5.93. The lowest BCUT2D eigenvalue weighted by atomic mass is 10.1. The van der Waals surface area contributed by atoms with Crippen LogP contribution in [0.3, 0.4) is 0 Å². The predicted octanol–water partition coefficient (Wildman–Crippen LogP) is 1.12. The Bertz CT molecular complexity index is 635. The third-order valence-corrected chi connectivity index (χ3v) is 4.17. The van der Waals surface area contributed by atoms with Crippen LogP contribution in [0.5, 0.6) is 0 Å². The van der Waals surface area contributed by atoms with E-state index in [1.807, 2.05) is 12.3 Å². The van der Waals surface area contributed by atoms with Gasteiger partial charge in [0.25, 0.3) is 0 Å². The van der Waals surface area contributed by atoms with E-state index in [1.165, 1.54) is 5.56 Å². The lowest BCUT2D eigenvalue weighted by Crippen LogP contribution is -2.51. The van der Waals surface area contributed by atoms with Gasteiger partial charge in [-0.25, -0.2) is 4.98 Å². The van der Waals surface area contributed by atoms with Gasteiger partial charge in [0.05, 0.1) is 19.8 Å². The van der Waals surface area contributed by atoms with Crippen LogP contribution in [-0.2, 0) is 29.0 Å². The van der Waals surface area contributed by atoms with Crippen molar-refractivity contribution in [3.63, 3.8) is 0 Å². The Morgan fingerprint density at radius 1 is 1.38 bits per heavy atom. The van der Waals surface area contributed by atoms with Crippen LogP contribution in [0.2, 0.25) is 0 Å². The zero-order valence-electron chi connectivity index (χ0n) is 13.8. The van der Waals surface area contributed by atoms with Gasteiger partial charge in [-0.05, 0) is 18.4 Å². The number of imidazole rings is 1. The fourth-order valence-electron chi connectivity index (χ4n) is 2.83. The van der Waals surface area contributed by atoms with Crippen molar-refractivity contribution in [2.45, 2.75) is 32.0 Å². The van der Waals surface area contributed by atoms with Crippen LogP contribution in [0.25, 0.3) is 0 Å². The summed E-state index contributed by atoms with van der Waals surface area (Å²) in [6.45, 7) is 3.14. The minimum Gasteiger partial charge on any atom is -0.378 e. The molecule has 1 saturated heterocycles. The highest BCUT2D eigenvalue weighted by molar-refractivity contribution is 5.81. The van der Waals surface area contributed by atoms with Crippen molar-refractivity contribution < 1.29 is 9.53 Å². The smallest absolute Gasteiger partial charge is 0.239 e. The van der Waals surface area contributed by atoms with Gasteiger partial charge in [0, 0.05) is 25.5 Å². The third-order valence-electron chi connectivity index (χ3n) is 4.17. The summed E-state index contributed by atoms with van der Waals surface area (Å²) in [4.78, 5) is 16.5. The number of hydrogen-bond acceptors (Lipinski definition) is 4. The molecule has 1 aliphatic heterocycles. The van der Waals surface area contributed by atoms with E-state index in [9.17, 15) is 4.79 Å². The summed E-state index contributed by atoms with van der Waals surface area (Å²) in [6, 6.07) is 10.2. The minimum atomic E-state index is -0.264. The Balaban J connectivity index is 1.45. The Kier molecular flexibility index (Phi) is 5.98. The summed E-state index contributed by atoms with van der Waals surface area (Å²) in [5, 5.41) is 6.09. The third kappa shape index (κ3) is 4.66. The molecule has 128 valence electrons. The van der Waals surface area contributed by atoms with Gasteiger partial charge in [0.2, 0.25) is 5.91 Å². The molecule has 0 radical (unpaired) electrons. The Morgan fingerprint density at radius 2 is 2.25 bits per heavy atom. The molecule has 2 heterocycles. The standard InChI is InChI=1S/C18H24N4O2/c23-18(16-14-24-12-9-19-16)21-13-17-20-8-11-22(17)10-4-7-15-5-2-1-3-6-15/h1-3,5-6,8,11,16,19H,4,7,9-10,12-14H2,(H,21,23). The molecule has 6 heteroatoms. The van der Waals surface area contributed by atoms with Crippen molar-refractivity contribution in [2.75, 3.05) is 19.8 Å². The van der Waals surface area contributed by atoms with Gasteiger partial charge in [-0.3, -0.25) is 4.79 Å². The number of hydrogen-bond donors (Lipinski definition) is 2. The molecule has 3 rings (SSSR count). The van der Waals surface area contributed by atoms with Crippen molar-refractivity contribution in [3.05, 3.63) is 54.1 Å². The summed E-state index contributed by atoms with van der Waals surface area (Å²) in [6.07, 6.45) is 5.83. The van der Waals surface area contributed by atoms with Crippen molar-refractivity contribution in [1.29, 1.82) is 0 Å². The maximum atomic E-state index is 12.1. The number of benzene rings is 1. The van der Waals surface area contributed by atoms with Crippen molar-refractivity contribution in [1.82, 2.24) is 20.2 Å². The van der Waals surface area contributed by atoms with Gasteiger partial charge in [-0.2, -0.15) is 0 Å². The number of ether oxygens (including phenoxy) is 1. The van der Waals surface area contributed by atoms with Crippen LogP contribution in [0.1, 0.15) is 17.8 Å². The first-order valence-corrected chi connectivity index (χ1v) is 8.46. The number of rotatable bonds is 7. The van der Waals surface area contributed by atoms with E-state index in [0.29, 0.717) is 26.3 Å². The maximum Gasteiger partial charge on any atom is 0.239 e. The molecule has 1 aromatic heterocycles. The highest BCUT2D eigenvalue weighted by Crippen LogP contribution is 2.06. The van der Waals surface area contributed by atoms with Gasteiger partial charge >= 0.3 is 0 Å². The minimum absolute atomic E-state index is 0.0338. The number of carbonyl (C=O) groups excluding carboxylic acids is 1. The topological polar surface area (TPSA) is 68.2 Å². The first-order chi connectivity index (χ1) is 11.8. The van der Waals surface area contributed by atoms with Crippen molar-refractivity contribution in [3.8, 4) is 0 Å². The Labute approximate surface area is 142 Å². The summed E-state index contributed by atoms with van der Waals surface area (Å²) < 4.78 is 7.42. The van der Waals surface area contributed by atoms with Gasteiger partial charge in [0.1, 0.15) is 11.9 Å². The quantitative estimate of drug-likeness (QED) is 0.799. The average molecular weight is 328 g/mol. The van der Waals surface area contributed by atoms with E-state index in [2.05, 4.69) is 44.5 Å². The molecular formula is C18H24N4O2. The van der Waals surface area contributed by atoms with Gasteiger partial charge in [-0.1, -0.05) is 30.3 Å². The molecule has 6 nitrogen and oxygen atoms in total. The van der Waals surface area contributed by atoms with Gasteiger partial charge < -0.3 is 19.9 Å². The van der Waals surface area contributed by atoms with Crippen LogP contribution in [0, 0.1) is 0 Å². The zero-order valence-corrected chi connectivity index (χ0v) is 13.8. The van der Waals surface area contributed by atoms with E-state index in [0.717, 1.165) is 25.2 Å². The highest BCUT2D eigenvalue weighted by Gasteiger charge is 2.21. The van der Waals surface area contributed by atoms with Crippen molar-refractivity contribution in [2.24, 2.45) is 0 Å². The average Bonchev–Trinajstić information content (AvgIpc) is 3.09. The molecule has 1 unspecified atom stereocenters. The van der Waals surface area contributed by atoms with Crippen LogP contribution < -0.4 is 10.6 Å². The number of nitrogens with zero attached hydrogens (tertiary/aromatic N) is 2. The molecule has 2 aromatic rings. The Hall–Kier alpha value is -2.18. The lowest BCUT2D eigenvalue weighted by molar-refractivity contribution is -0.126.